The summed E-state index contributed by atoms with van der Waals surface area (Å²) in [5.74, 6) is 0.325. The summed E-state index contributed by atoms with van der Waals surface area (Å²) in [6.07, 6.45) is 8.10. The van der Waals surface area contributed by atoms with Crippen LogP contribution in [-0.4, -0.2) is 44.1 Å². The van der Waals surface area contributed by atoms with Crippen molar-refractivity contribution in [1.82, 2.24) is 4.90 Å². The van der Waals surface area contributed by atoms with Crippen molar-refractivity contribution in [2.45, 2.75) is 6.92 Å². The van der Waals surface area contributed by atoms with Gasteiger partial charge in [0.25, 0.3) is 0 Å². The zero-order chi connectivity index (χ0) is 11.2. The molecule has 0 radical (unpaired) electrons. The van der Waals surface area contributed by atoms with E-state index in [4.69, 9.17) is 4.74 Å². The number of ether oxygens (including phenoxy) is 1. The molecule has 1 atom stereocenters. The largest absolute Gasteiger partial charge is 0.379 e. The zero-order valence-electron chi connectivity index (χ0n) is 9.72. The van der Waals surface area contributed by atoms with Crippen molar-refractivity contribution in [3.63, 3.8) is 0 Å². The van der Waals surface area contributed by atoms with Crippen LogP contribution >= 0.6 is 0 Å². The van der Waals surface area contributed by atoms with Crippen LogP contribution in [0.15, 0.2) is 34.5 Å². The van der Waals surface area contributed by atoms with E-state index in [0.717, 1.165) is 33.0 Å². The minimum Gasteiger partial charge on any atom is -0.379 e. The molecule has 16 heavy (non-hydrogen) atoms. The molecule has 0 spiro atoms. The highest BCUT2D eigenvalue weighted by atomic mass is 16.5. The quantitative estimate of drug-likeness (QED) is 0.531. The molecule has 1 heterocycles. The summed E-state index contributed by atoms with van der Waals surface area (Å²) in [6, 6.07) is 0. The third-order valence-electron chi connectivity index (χ3n) is 2.90. The number of allylic oxidation sites excluding steroid dienone is 3. The maximum absolute atomic E-state index is 5.29. The summed E-state index contributed by atoms with van der Waals surface area (Å²) in [7, 11) is 0. The number of morpholine rings is 1. The molecule has 0 bridgehead atoms. The first-order chi connectivity index (χ1) is 7.86. The molecule has 1 fully saturated rings. The Morgan fingerprint density at radius 3 is 3.12 bits per heavy atom. The molecule has 0 aromatic rings. The van der Waals surface area contributed by atoms with E-state index >= 15 is 0 Å². The third-order valence-corrected chi connectivity index (χ3v) is 2.90. The molecule has 0 aromatic heterocycles. The van der Waals surface area contributed by atoms with E-state index < -0.39 is 0 Å². The van der Waals surface area contributed by atoms with Gasteiger partial charge in [0.2, 0.25) is 0 Å². The van der Waals surface area contributed by atoms with Crippen molar-refractivity contribution >= 4 is 6.21 Å². The van der Waals surface area contributed by atoms with Gasteiger partial charge in [-0.15, -0.1) is 5.73 Å². The lowest BCUT2D eigenvalue weighted by Crippen LogP contribution is -2.36. The molecule has 0 N–H and O–H groups in total. The molecule has 0 aromatic carbocycles. The average molecular weight is 218 g/mol. The van der Waals surface area contributed by atoms with Crippen LogP contribution in [0.25, 0.3) is 0 Å². The van der Waals surface area contributed by atoms with Crippen molar-refractivity contribution in [3.8, 4) is 0 Å². The second kappa shape index (κ2) is 5.80. The maximum atomic E-state index is 5.29. The molecular formula is C13H18N2O. The molecule has 3 heteroatoms. The van der Waals surface area contributed by atoms with Gasteiger partial charge in [0.05, 0.1) is 19.9 Å². The predicted molar refractivity (Wildman–Crippen MR) is 65.7 cm³/mol. The zero-order valence-corrected chi connectivity index (χ0v) is 9.72. The number of hydrogen-bond donors (Lipinski definition) is 0. The fraction of sp³-hybridized carbons (Fsp3) is 0.538. The van der Waals surface area contributed by atoms with Crippen LogP contribution < -0.4 is 0 Å². The highest BCUT2D eigenvalue weighted by Gasteiger charge is 2.09. The normalized spacial score (nSPS) is 26.3. The molecule has 1 unspecified atom stereocenters. The Bertz CT molecular complexity index is 345. The van der Waals surface area contributed by atoms with Crippen molar-refractivity contribution in [3.05, 3.63) is 29.5 Å². The Kier molecular flexibility index (Phi) is 4.11. The molecule has 1 saturated heterocycles. The van der Waals surface area contributed by atoms with Crippen LogP contribution in [0.2, 0.25) is 0 Å². The number of rotatable bonds is 3. The summed E-state index contributed by atoms with van der Waals surface area (Å²) in [5.41, 5.74) is 4.43. The Morgan fingerprint density at radius 1 is 1.56 bits per heavy atom. The molecular weight excluding hydrogens is 200 g/mol. The molecule has 86 valence electrons. The van der Waals surface area contributed by atoms with E-state index in [-0.39, 0.29) is 0 Å². The van der Waals surface area contributed by atoms with Crippen LogP contribution in [0, 0.1) is 5.92 Å². The lowest BCUT2D eigenvalue weighted by molar-refractivity contribution is 0.0394. The summed E-state index contributed by atoms with van der Waals surface area (Å²) >= 11 is 0. The Balaban J connectivity index is 1.80. The van der Waals surface area contributed by atoms with E-state index in [1.54, 1.807) is 0 Å². The highest BCUT2D eigenvalue weighted by Crippen LogP contribution is 2.12. The number of aliphatic imine (C=N–C) groups is 1. The molecule has 3 nitrogen and oxygen atoms in total. The average Bonchev–Trinajstić information content (AvgIpc) is 2.33. The van der Waals surface area contributed by atoms with E-state index in [1.807, 2.05) is 12.3 Å². The summed E-state index contributed by atoms with van der Waals surface area (Å²) < 4.78 is 5.29. The molecule has 0 amide bonds. The highest BCUT2D eigenvalue weighted by molar-refractivity contribution is 5.68. The van der Waals surface area contributed by atoms with Crippen molar-refractivity contribution in [1.29, 1.82) is 0 Å². The maximum Gasteiger partial charge on any atom is 0.0907 e. The van der Waals surface area contributed by atoms with E-state index in [0.29, 0.717) is 5.92 Å². The van der Waals surface area contributed by atoms with Crippen LogP contribution in [0.1, 0.15) is 6.92 Å². The molecule has 1 aliphatic carbocycles. The monoisotopic (exact) mass is 218 g/mol. The van der Waals surface area contributed by atoms with E-state index in [2.05, 4.69) is 34.7 Å². The Morgan fingerprint density at radius 2 is 2.38 bits per heavy atom. The van der Waals surface area contributed by atoms with Crippen molar-refractivity contribution in [2.24, 2.45) is 10.9 Å². The fourth-order valence-electron chi connectivity index (χ4n) is 1.76. The standard InChI is InChI=1S/C13H18N2O/c1-12-4-2-3-5-13(12)10-14-11-15-6-8-16-9-7-15/h2,4-5,10,13H,6-9,11H2,1H3. The smallest absolute Gasteiger partial charge is 0.0907 e. The predicted octanol–water partition coefficient (Wildman–Crippen LogP) is 1.63. The van der Waals surface area contributed by atoms with Gasteiger partial charge in [0.15, 0.2) is 0 Å². The molecule has 2 aliphatic rings. The van der Waals surface area contributed by atoms with Gasteiger partial charge in [0.1, 0.15) is 0 Å². The first-order valence-corrected chi connectivity index (χ1v) is 5.76. The van der Waals surface area contributed by atoms with Gasteiger partial charge < -0.3 is 4.74 Å². The summed E-state index contributed by atoms with van der Waals surface area (Å²) in [6.45, 7) is 6.56. The third kappa shape index (κ3) is 3.17. The Labute approximate surface area is 96.8 Å². The van der Waals surface area contributed by atoms with Gasteiger partial charge in [0, 0.05) is 25.2 Å². The van der Waals surface area contributed by atoms with E-state index in [1.165, 1.54) is 5.57 Å². The number of hydrogen-bond acceptors (Lipinski definition) is 3. The summed E-state index contributed by atoms with van der Waals surface area (Å²) in [5, 5.41) is 0. The van der Waals surface area contributed by atoms with Crippen molar-refractivity contribution in [2.75, 3.05) is 33.0 Å². The lowest BCUT2D eigenvalue weighted by atomic mass is 9.99. The van der Waals surface area contributed by atoms with Crippen molar-refractivity contribution < 1.29 is 4.74 Å². The Hall–Kier alpha value is -1.15. The van der Waals surface area contributed by atoms with Crippen LogP contribution in [0.5, 0.6) is 0 Å². The van der Waals surface area contributed by atoms with Crippen LogP contribution in [0.3, 0.4) is 0 Å². The van der Waals surface area contributed by atoms with Gasteiger partial charge in [-0.25, -0.2) is 0 Å². The van der Waals surface area contributed by atoms with Gasteiger partial charge in [-0.2, -0.15) is 0 Å². The fourth-order valence-corrected chi connectivity index (χ4v) is 1.76. The van der Waals surface area contributed by atoms with Gasteiger partial charge in [-0.1, -0.05) is 11.6 Å². The van der Waals surface area contributed by atoms with Gasteiger partial charge in [-0.05, 0) is 19.1 Å². The second-order valence-corrected chi connectivity index (χ2v) is 4.14. The minimum absolute atomic E-state index is 0.325. The SMILES string of the molecule is CC1=CC=C=CC1C=NCN1CCOCC1. The van der Waals surface area contributed by atoms with Gasteiger partial charge in [-0.3, -0.25) is 9.89 Å². The van der Waals surface area contributed by atoms with Crippen LogP contribution in [0.4, 0.5) is 0 Å². The first kappa shape index (κ1) is 11.3. The molecule has 1 aliphatic heterocycles. The summed E-state index contributed by atoms with van der Waals surface area (Å²) in [4.78, 5) is 6.80. The minimum atomic E-state index is 0.325. The molecule has 0 saturated carbocycles. The van der Waals surface area contributed by atoms with Gasteiger partial charge >= 0.3 is 0 Å². The second-order valence-electron chi connectivity index (χ2n) is 4.14. The molecule has 2 rings (SSSR count). The topological polar surface area (TPSA) is 24.8 Å². The number of nitrogens with zero attached hydrogens (tertiary/aromatic N) is 2. The van der Waals surface area contributed by atoms with Crippen LogP contribution in [-0.2, 0) is 4.74 Å². The van der Waals surface area contributed by atoms with E-state index in [9.17, 15) is 0 Å². The lowest BCUT2D eigenvalue weighted by Gasteiger charge is -2.24. The first-order valence-electron chi connectivity index (χ1n) is 5.76.